The van der Waals surface area contributed by atoms with Crippen LogP contribution >= 0.6 is 11.8 Å². The number of anilines is 1. The summed E-state index contributed by atoms with van der Waals surface area (Å²) in [5.41, 5.74) is 4.58. The zero-order valence-corrected chi connectivity index (χ0v) is 14.9. The number of nitrogens with zero attached hydrogens (tertiary/aromatic N) is 4. The molecule has 24 heavy (non-hydrogen) atoms. The van der Waals surface area contributed by atoms with Crippen LogP contribution in [0, 0.1) is 13.8 Å². The zero-order chi connectivity index (χ0) is 17.3. The molecule has 1 amide bonds. The van der Waals surface area contributed by atoms with Gasteiger partial charge in [-0.05, 0) is 38.1 Å². The molecule has 0 saturated heterocycles. The molecular formula is C17H19N5OS. The number of fused-ring (bicyclic) bond motifs is 1. The minimum Gasteiger partial charge on any atom is -0.330 e. The van der Waals surface area contributed by atoms with E-state index in [-0.39, 0.29) is 5.91 Å². The largest absolute Gasteiger partial charge is 0.330 e. The van der Waals surface area contributed by atoms with E-state index < -0.39 is 0 Å². The van der Waals surface area contributed by atoms with Crippen molar-refractivity contribution in [2.24, 2.45) is 7.05 Å². The molecule has 3 rings (SSSR count). The molecule has 0 atom stereocenters. The van der Waals surface area contributed by atoms with Crippen LogP contribution in [0.25, 0.3) is 11.0 Å². The maximum absolute atomic E-state index is 11.2. The van der Waals surface area contributed by atoms with Crippen molar-refractivity contribution in [3.05, 3.63) is 41.5 Å². The molecule has 0 fully saturated rings. The maximum Gasteiger partial charge on any atom is 0.221 e. The van der Waals surface area contributed by atoms with Crippen LogP contribution in [0.4, 0.5) is 5.69 Å². The second-order valence-electron chi connectivity index (χ2n) is 5.69. The van der Waals surface area contributed by atoms with Crippen LogP contribution in [0.1, 0.15) is 24.1 Å². The highest BCUT2D eigenvalue weighted by Crippen LogP contribution is 2.24. The third-order valence-corrected chi connectivity index (χ3v) is 4.43. The molecule has 1 N–H and O–H groups in total. The number of carbonyl (C=O) groups excluding carboxylic acids is 1. The molecule has 0 bridgehead atoms. The van der Waals surface area contributed by atoms with Crippen LogP contribution in [-0.4, -0.2) is 25.4 Å². The van der Waals surface area contributed by atoms with Crippen molar-refractivity contribution in [1.82, 2.24) is 19.5 Å². The molecule has 3 aromatic rings. The van der Waals surface area contributed by atoms with Gasteiger partial charge in [0.25, 0.3) is 0 Å². The molecule has 124 valence electrons. The predicted molar refractivity (Wildman–Crippen MR) is 96.1 cm³/mol. The van der Waals surface area contributed by atoms with Gasteiger partial charge in [-0.3, -0.25) is 4.79 Å². The summed E-state index contributed by atoms with van der Waals surface area (Å²) in [7, 11) is 1.99. The molecule has 0 unspecified atom stereocenters. The van der Waals surface area contributed by atoms with Gasteiger partial charge < -0.3 is 9.88 Å². The first-order valence-electron chi connectivity index (χ1n) is 7.60. The number of hydrogen-bond donors (Lipinski definition) is 1. The van der Waals surface area contributed by atoms with E-state index in [0.717, 1.165) is 39.1 Å². The van der Waals surface area contributed by atoms with E-state index in [2.05, 4.69) is 24.8 Å². The number of thioether (sulfide) groups is 1. The van der Waals surface area contributed by atoms with E-state index in [1.54, 1.807) is 11.8 Å². The van der Waals surface area contributed by atoms with Gasteiger partial charge in [0.15, 0.2) is 5.16 Å². The average Bonchev–Trinajstić information content (AvgIpc) is 2.79. The molecule has 0 radical (unpaired) electrons. The van der Waals surface area contributed by atoms with Crippen molar-refractivity contribution < 1.29 is 4.79 Å². The van der Waals surface area contributed by atoms with Gasteiger partial charge in [-0.1, -0.05) is 11.8 Å². The van der Waals surface area contributed by atoms with Crippen LogP contribution in [0.15, 0.2) is 29.4 Å². The minimum atomic E-state index is -0.0898. The quantitative estimate of drug-likeness (QED) is 0.582. The Labute approximate surface area is 144 Å². The number of aromatic nitrogens is 4. The minimum absolute atomic E-state index is 0.0898. The lowest BCUT2D eigenvalue weighted by molar-refractivity contribution is -0.114. The molecular weight excluding hydrogens is 322 g/mol. The smallest absolute Gasteiger partial charge is 0.221 e. The molecule has 2 heterocycles. The lowest BCUT2D eigenvalue weighted by Crippen LogP contribution is -2.05. The average molecular weight is 341 g/mol. The van der Waals surface area contributed by atoms with Crippen LogP contribution in [0.5, 0.6) is 0 Å². The van der Waals surface area contributed by atoms with Crippen molar-refractivity contribution in [1.29, 1.82) is 0 Å². The highest BCUT2D eigenvalue weighted by atomic mass is 32.2. The van der Waals surface area contributed by atoms with Crippen molar-refractivity contribution in [2.75, 3.05) is 5.32 Å². The number of benzene rings is 1. The van der Waals surface area contributed by atoms with Gasteiger partial charge in [0.05, 0.1) is 16.8 Å². The molecule has 0 aliphatic rings. The normalized spacial score (nSPS) is 11.0. The molecule has 0 aliphatic heterocycles. The van der Waals surface area contributed by atoms with Gasteiger partial charge in [-0.15, -0.1) is 0 Å². The SMILES string of the molecule is CC(=O)Nc1ccc2c(c1)nc(CSc1nc(C)cc(C)n1)n2C. The highest BCUT2D eigenvalue weighted by molar-refractivity contribution is 7.98. The van der Waals surface area contributed by atoms with Crippen LogP contribution in [-0.2, 0) is 17.6 Å². The van der Waals surface area contributed by atoms with Gasteiger partial charge in [-0.25, -0.2) is 15.0 Å². The van der Waals surface area contributed by atoms with Gasteiger partial charge in [-0.2, -0.15) is 0 Å². The number of amides is 1. The number of imidazole rings is 1. The highest BCUT2D eigenvalue weighted by Gasteiger charge is 2.10. The van der Waals surface area contributed by atoms with E-state index in [1.807, 2.05) is 45.2 Å². The van der Waals surface area contributed by atoms with E-state index >= 15 is 0 Å². The lowest BCUT2D eigenvalue weighted by Gasteiger charge is -2.04. The van der Waals surface area contributed by atoms with Gasteiger partial charge >= 0.3 is 0 Å². The van der Waals surface area contributed by atoms with Crippen LogP contribution < -0.4 is 5.32 Å². The van der Waals surface area contributed by atoms with Crippen molar-refractivity contribution in [3.63, 3.8) is 0 Å². The van der Waals surface area contributed by atoms with E-state index in [0.29, 0.717) is 5.75 Å². The van der Waals surface area contributed by atoms with Crippen molar-refractivity contribution >= 4 is 34.4 Å². The zero-order valence-electron chi connectivity index (χ0n) is 14.1. The van der Waals surface area contributed by atoms with Crippen LogP contribution in [0.3, 0.4) is 0 Å². The summed E-state index contributed by atoms with van der Waals surface area (Å²) in [5.74, 6) is 1.54. The van der Waals surface area contributed by atoms with E-state index in [1.165, 1.54) is 6.92 Å². The summed E-state index contributed by atoms with van der Waals surface area (Å²) < 4.78 is 2.06. The third kappa shape index (κ3) is 3.56. The summed E-state index contributed by atoms with van der Waals surface area (Å²) in [6.45, 7) is 5.43. The summed E-state index contributed by atoms with van der Waals surface area (Å²) in [5, 5.41) is 3.55. The molecule has 0 aliphatic carbocycles. The number of hydrogen-bond acceptors (Lipinski definition) is 5. The summed E-state index contributed by atoms with van der Waals surface area (Å²) >= 11 is 1.57. The first-order chi connectivity index (χ1) is 11.4. The topological polar surface area (TPSA) is 72.7 Å². The summed E-state index contributed by atoms with van der Waals surface area (Å²) in [6, 6.07) is 7.70. The predicted octanol–water partition coefficient (Wildman–Crippen LogP) is 3.23. The van der Waals surface area contributed by atoms with E-state index in [4.69, 9.17) is 0 Å². The first kappa shape index (κ1) is 16.4. The third-order valence-electron chi connectivity index (χ3n) is 3.59. The van der Waals surface area contributed by atoms with E-state index in [9.17, 15) is 4.79 Å². The number of nitrogens with one attached hydrogen (secondary N) is 1. The molecule has 7 heteroatoms. The number of aryl methyl sites for hydroxylation is 3. The first-order valence-corrected chi connectivity index (χ1v) is 8.59. The Morgan fingerprint density at radius 2 is 1.88 bits per heavy atom. The van der Waals surface area contributed by atoms with Crippen LogP contribution in [0.2, 0.25) is 0 Å². The monoisotopic (exact) mass is 341 g/mol. The summed E-state index contributed by atoms with van der Waals surface area (Å²) in [6.07, 6.45) is 0. The fraction of sp³-hybridized carbons (Fsp3) is 0.294. The molecule has 6 nitrogen and oxygen atoms in total. The second-order valence-corrected chi connectivity index (χ2v) is 6.64. The van der Waals surface area contributed by atoms with Gasteiger partial charge in [0.2, 0.25) is 5.91 Å². The Balaban J connectivity index is 1.84. The maximum atomic E-state index is 11.2. The molecule has 1 aromatic carbocycles. The van der Waals surface area contributed by atoms with Crippen molar-refractivity contribution in [2.45, 2.75) is 31.7 Å². The Morgan fingerprint density at radius 3 is 2.54 bits per heavy atom. The number of rotatable bonds is 4. The van der Waals surface area contributed by atoms with Crippen molar-refractivity contribution in [3.8, 4) is 0 Å². The Bertz CT molecular complexity index is 898. The summed E-state index contributed by atoms with van der Waals surface area (Å²) in [4.78, 5) is 24.8. The molecule has 0 spiro atoms. The fourth-order valence-corrected chi connectivity index (χ4v) is 3.48. The number of carbonyl (C=O) groups is 1. The molecule has 2 aromatic heterocycles. The second kappa shape index (κ2) is 6.60. The standard InChI is InChI=1S/C17H19N5OS/c1-10-7-11(2)19-17(18-10)24-9-16-21-14-8-13(20-12(3)23)5-6-15(14)22(16)4/h5-8H,9H2,1-4H3,(H,20,23). The fourth-order valence-electron chi connectivity index (χ4n) is 2.55. The van der Waals surface area contributed by atoms with Gasteiger partial charge in [0, 0.05) is 31.0 Å². The molecule has 0 saturated carbocycles. The Morgan fingerprint density at radius 1 is 1.17 bits per heavy atom. The van der Waals surface area contributed by atoms with Gasteiger partial charge in [0.1, 0.15) is 5.82 Å². The lowest BCUT2D eigenvalue weighted by atomic mass is 10.2. The Hall–Kier alpha value is -2.41. The Kier molecular flexibility index (Phi) is 4.53.